The summed E-state index contributed by atoms with van der Waals surface area (Å²) < 4.78 is 0. The van der Waals surface area contributed by atoms with Gasteiger partial charge in [0.05, 0.1) is 12.2 Å². The van der Waals surface area contributed by atoms with Crippen LogP contribution < -0.4 is 5.32 Å². The van der Waals surface area contributed by atoms with Gasteiger partial charge in [0.25, 0.3) is 5.91 Å². The zero-order chi connectivity index (χ0) is 15.1. The van der Waals surface area contributed by atoms with Gasteiger partial charge in [0.15, 0.2) is 0 Å². The number of hydrogen-bond acceptors (Lipinski definition) is 2. The molecule has 21 heavy (non-hydrogen) atoms. The van der Waals surface area contributed by atoms with Crippen LogP contribution in [-0.4, -0.2) is 24.2 Å². The quantitative estimate of drug-likeness (QED) is 0.836. The standard InChI is InChI=1S/C18H23NO2/c1-18(11-5-6-12-18)14-19-17(21)16-10-3-2-8-15(16)9-4-7-13-20/h2-3,8,10,20H,5-7,11-14H2,1H3,(H,19,21). The number of rotatable bonds is 4. The van der Waals surface area contributed by atoms with E-state index in [-0.39, 0.29) is 17.9 Å². The highest BCUT2D eigenvalue weighted by Gasteiger charge is 2.29. The van der Waals surface area contributed by atoms with Crippen LogP contribution in [0.25, 0.3) is 0 Å². The Balaban J connectivity index is 2.03. The molecule has 0 atom stereocenters. The molecule has 1 aliphatic carbocycles. The summed E-state index contributed by atoms with van der Waals surface area (Å²) in [5, 5.41) is 11.8. The van der Waals surface area contributed by atoms with Crippen molar-refractivity contribution < 1.29 is 9.90 Å². The van der Waals surface area contributed by atoms with Crippen LogP contribution >= 0.6 is 0 Å². The van der Waals surface area contributed by atoms with Gasteiger partial charge in [-0.1, -0.05) is 43.7 Å². The largest absolute Gasteiger partial charge is 0.395 e. The Labute approximate surface area is 126 Å². The van der Waals surface area contributed by atoms with Gasteiger partial charge in [-0.2, -0.15) is 0 Å². The summed E-state index contributed by atoms with van der Waals surface area (Å²) in [4.78, 5) is 12.4. The summed E-state index contributed by atoms with van der Waals surface area (Å²) in [6, 6.07) is 7.37. The van der Waals surface area contributed by atoms with Gasteiger partial charge in [-0.25, -0.2) is 0 Å². The minimum absolute atomic E-state index is 0.0414. The summed E-state index contributed by atoms with van der Waals surface area (Å²) in [6.45, 7) is 3.01. The van der Waals surface area contributed by atoms with E-state index >= 15 is 0 Å². The van der Waals surface area contributed by atoms with E-state index in [1.807, 2.05) is 18.2 Å². The lowest BCUT2D eigenvalue weighted by molar-refractivity contribution is 0.0934. The molecule has 0 spiro atoms. The minimum atomic E-state index is -0.0583. The van der Waals surface area contributed by atoms with Crippen molar-refractivity contribution >= 4 is 5.91 Å². The van der Waals surface area contributed by atoms with Crippen molar-refractivity contribution in [3.05, 3.63) is 35.4 Å². The normalized spacial score (nSPS) is 16.1. The number of nitrogens with one attached hydrogen (secondary N) is 1. The Morgan fingerprint density at radius 3 is 2.76 bits per heavy atom. The molecule has 0 unspecified atom stereocenters. The Kier molecular flexibility index (Phi) is 5.41. The summed E-state index contributed by atoms with van der Waals surface area (Å²) >= 11 is 0. The second kappa shape index (κ2) is 7.28. The van der Waals surface area contributed by atoms with Crippen molar-refractivity contribution in [1.82, 2.24) is 5.32 Å². The van der Waals surface area contributed by atoms with Crippen LogP contribution in [-0.2, 0) is 0 Å². The average molecular weight is 285 g/mol. The molecule has 2 N–H and O–H groups in total. The van der Waals surface area contributed by atoms with E-state index in [2.05, 4.69) is 24.1 Å². The first-order valence-electron chi connectivity index (χ1n) is 7.62. The van der Waals surface area contributed by atoms with Crippen molar-refractivity contribution in [3.8, 4) is 11.8 Å². The van der Waals surface area contributed by atoms with E-state index in [4.69, 9.17) is 5.11 Å². The van der Waals surface area contributed by atoms with Crippen molar-refractivity contribution in [2.24, 2.45) is 5.41 Å². The highest BCUT2D eigenvalue weighted by atomic mass is 16.2. The van der Waals surface area contributed by atoms with Gasteiger partial charge in [-0.05, 0) is 30.4 Å². The maximum absolute atomic E-state index is 12.4. The lowest BCUT2D eigenvalue weighted by Gasteiger charge is -2.23. The fourth-order valence-electron chi connectivity index (χ4n) is 2.80. The molecule has 0 aliphatic heterocycles. The highest BCUT2D eigenvalue weighted by Crippen LogP contribution is 2.36. The molecule has 1 aromatic carbocycles. The van der Waals surface area contributed by atoms with Crippen LogP contribution in [0.2, 0.25) is 0 Å². The van der Waals surface area contributed by atoms with E-state index in [0.29, 0.717) is 12.0 Å². The monoisotopic (exact) mass is 285 g/mol. The molecule has 0 bridgehead atoms. The first-order chi connectivity index (χ1) is 10.1. The number of carbonyl (C=O) groups is 1. The molecular formula is C18H23NO2. The molecule has 2 rings (SSSR count). The number of benzene rings is 1. The van der Waals surface area contributed by atoms with Crippen molar-refractivity contribution in [2.45, 2.75) is 39.0 Å². The van der Waals surface area contributed by atoms with E-state index in [0.717, 1.165) is 12.1 Å². The zero-order valence-corrected chi connectivity index (χ0v) is 12.6. The molecule has 112 valence electrons. The molecular weight excluding hydrogens is 262 g/mol. The number of aliphatic hydroxyl groups is 1. The number of hydrogen-bond donors (Lipinski definition) is 2. The van der Waals surface area contributed by atoms with Gasteiger partial charge in [-0.15, -0.1) is 0 Å². The molecule has 0 radical (unpaired) electrons. The third-order valence-electron chi connectivity index (χ3n) is 4.12. The van der Waals surface area contributed by atoms with Crippen LogP contribution in [0.5, 0.6) is 0 Å². The van der Waals surface area contributed by atoms with E-state index in [1.54, 1.807) is 6.07 Å². The zero-order valence-electron chi connectivity index (χ0n) is 12.6. The van der Waals surface area contributed by atoms with E-state index < -0.39 is 0 Å². The molecule has 1 fully saturated rings. The first-order valence-corrected chi connectivity index (χ1v) is 7.62. The summed E-state index contributed by atoms with van der Waals surface area (Å²) in [7, 11) is 0. The molecule has 3 nitrogen and oxygen atoms in total. The Hall–Kier alpha value is -1.79. The molecule has 1 saturated carbocycles. The molecule has 3 heteroatoms. The van der Waals surface area contributed by atoms with Gasteiger partial charge < -0.3 is 10.4 Å². The van der Waals surface area contributed by atoms with Gasteiger partial charge in [-0.3, -0.25) is 4.79 Å². The number of amides is 1. The summed E-state index contributed by atoms with van der Waals surface area (Å²) in [5.74, 6) is 5.77. The Bertz CT molecular complexity index is 548. The van der Waals surface area contributed by atoms with Gasteiger partial charge in [0.1, 0.15) is 0 Å². The predicted molar refractivity (Wildman–Crippen MR) is 83.9 cm³/mol. The minimum Gasteiger partial charge on any atom is -0.395 e. The lowest BCUT2D eigenvalue weighted by Crippen LogP contribution is -2.34. The smallest absolute Gasteiger partial charge is 0.252 e. The lowest BCUT2D eigenvalue weighted by atomic mass is 9.89. The van der Waals surface area contributed by atoms with Gasteiger partial charge in [0.2, 0.25) is 0 Å². The van der Waals surface area contributed by atoms with E-state index in [1.165, 1.54) is 25.7 Å². The maximum atomic E-state index is 12.4. The fraction of sp³-hybridized carbons (Fsp3) is 0.500. The third-order valence-corrected chi connectivity index (χ3v) is 4.12. The van der Waals surface area contributed by atoms with Crippen LogP contribution in [0.1, 0.15) is 54.9 Å². The molecule has 0 saturated heterocycles. The second-order valence-corrected chi connectivity index (χ2v) is 6.02. The SMILES string of the molecule is CC1(CNC(=O)c2ccccc2C#CCCO)CCCC1. The fourth-order valence-corrected chi connectivity index (χ4v) is 2.80. The van der Waals surface area contributed by atoms with E-state index in [9.17, 15) is 4.79 Å². The Morgan fingerprint density at radius 2 is 2.05 bits per heavy atom. The molecule has 1 amide bonds. The average Bonchev–Trinajstić information content (AvgIpc) is 2.93. The molecule has 0 aromatic heterocycles. The van der Waals surface area contributed by atoms with Crippen LogP contribution in [0, 0.1) is 17.3 Å². The molecule has 1 aliphatic rings. The third kappa shape index (κ3) is 4.34. The van der Waals surface area contributed by atoms with Crippen molar-refractivity contribution in [2.75, 3.05) is 13.2 Å². The molecule has 1 aromatic rings. The van der Waals surface area contributed by atoms with Crippen molar-refractivity contribution in [3.63, 3.8) is 0 Å². The maximum Gasteiger partial charge on any atom is 0.252 e. The first kappa shape index (κ1) is 15.6. The van der Waals surface area contributed by atoms with Gasteiger partial charge in [0, 0.05) is 18.5 Å². The topological polar surface area (TPSA) is 49.3 Å². The van der Waals surface area contributed by atoms with Crippen molar-refractivity contribution in [1.29, 1.82) is 0 Å². The number of carbonyl (C=O) groups excluding carboxylic acids is 1. The van der Waals surface area contributed by atoms with Gasteiger partial charge >= 0.3 is 0 Å². The van der Waals surface area contributed by atoms with Crippen LogP contribution in [0.4, 0.5) is 0 Å². The molecule has 0 heterocycles. The summed E-state index contributed by atoms with van der Waals surface area (Å²) in [6.07, 6.45) is 5.32. The second-order valence-electron chi connectivity index (χ2n) is 6.02. The number of aliphatic hydroxyl groups excluding tert-OH is 1. The highest BCUT2D eigenvalue weighted by molar-refractivity contribution is 5.96. The van der Waals surface area contributed by atoms with Crippen LogP contribution in [0.15, 0.2) is 24.3 Å². The predicted octanol–water partition coefficient (Wildman–Crippen LogP) is 2.73. The Morgan fingerprint density at radius 1 is 1.33 bits per heavy atom. The van der Waals surface area contributed by atoms with Crippen LogP contribution in [0.3, 0.4) is 0 Å². The summed E-state index contributed by atoms with van der Waals surface area (Å²) in [5.41, 5.74) is 1.58.